The van der Waals surface area contributed by atoms with Crippen molar-refractivity contribution in [3.63, 3.8) is 0 Å². The molecule has 28 heavy (non-hydrogen) atoms. The smallest absolute Gasteiger partial charge is 0.276 e. The minimum atomic E-state index is -0.442. The molecule has 3 aromatic rings. The molecule has 1 aromatic heterocycles. The molecule has 0 atom stereocenters. The quantitative estimate of drug-likeness (QED) is 0.502. The summed E-state index contributed by atoms with van der Waals surface area (Å²) in [5, 5.41) is 4.00. The number of nitrogens with one attached hydrogen (secondary N) is 1. The van der Waals surface area contributed by atoms with Crippen LogP contribution in [0, 0.1) is 0 Å². The number of para-hydroxylation sites is 1. The van der Waals surface area contributed by atoms with E-state index < -0.39 is 5.91 Å². The first-order valence-electron chi connectivity index (χ1n) is 8.44. The number of ether oxygens (including phenoxy) is 3. The zero-order chi connectivity index (χ0) is 19.8. The SMILES string of the molecule is COc1ccc(/C=N/NC(=O)c2cccnc2Oc2ccccc2)c(OC)c1. The molecule has 0 unspecified atom stereocenters. The molecule has 0 aliphatic heterocycles. The highest BCUT2D eigenvalue weighted by Crippen LogP contribution is 2.24. The molecule has 0 fully saturated rings. The van der Waals surface area contributed by atoms with Gasteiger partial charge in [0.05, 0.1) is 20.4 Å². The van der Waals surface area contributed by atoms with Crippen LogP contribution in [0.1, 0.15) is 15.9 Å². The molecule has 1 amide bonds. The van der Waals surface area contributed by atoms with Crippen LogP contribution in [0.25, 0.3) is 0 Å². The van der Waals surface area contributed by atoms with Crippen LogP contribution in [0.4, 0.5) is 0 Å². The molecular weight excluding hydrogens is 358 g/mol. The number of rotatable bonds is 7. The van der Waals surface area contributed by atoms with Crippen LogP contribution in [-0.4, -0.2) is 31.3 Å². The number of nitrogens with zero attached hydrogens (tertiary/aromatic N) is 2. The van der Waals surface area contributed by atoms with Gasteiger partial charge >= 0.3 is 0 Å². The predicted molar refractivity (Wildman–Crippen MR) is 105 cm³/mol. The topological polar surface area (TPSA) is 82.0 Å². The Balaban J connectivity index is 1.73. The zero-order valence-electron chi connectivity index (χ0n) is 15.5. The molecule has 0 spiro atoms. The number of hydrogen-bond donors (Lipinski definition) is 1. The summed E-state index contributed by atoms with van der Waals surface area (Å²) in [4.78, 5) is 16.6. The molecule has 0 radical (unpaired) electrons. The molecule has 0 saturated heterocycles. The van der Waals surface area contributed by atoms with Gasteiger partial charge in [-0.3, -0.25) is 4.79 Å². The first kappa shape index (κ1) is 18.9. The third kappa shape index (κ3) is 4.64. The van der Waals surface area contributed by atoms with Crippen molar-refractivity contribution < 1.29 is 19.0 Å². The molecule has 7 nitrogen and oxygen atoms in total. The summed E-state index contributed by atoms with van der Waals surface area (Å²) < 4.78 is 16.2. The Labute approximate surface area is 162 Å². The summed E-state index contributed by atoms with van der Waals surface area (Å²) in [6.45, 7) is 0. The fourth-order valence-corrected chi connectivity index (χ4v) is 2.39. The summed E-state index contributed by atoms with van der Waals surface area (Å²) in [6, 6.07) is 17.7. The Morgan fingerprint density at radius 3 is 2.57 bits per heavy atom. The molecule has 7 heteroatoms. The highest BCUT2D eigenvalue weighted by molar-refractivity contribution is 5.97. The van der Waals surface area contributed by atoms with E-state index in [-0.39, 0.29) is 11.4 Å². The van der Waals surface area contributed by atoms with Crippen molar-refractivity contribution >= 4 is 12.1 Å². The zero-order valence-corrected chi connectivity index (χ0v) is 15.5. The van der Waals surface area contributed by atoms with E-state index in [1.54, 1.807) is 62.9 Å². The lowest BCUT2D eigenvalue weighted by Gasteiger charge is -2.09. The summed E-state index contributed by atoms with van der Waals surface area (Å²) >= 11 is 0. The Morgan fingerprint density at radius 1 is 1.00 bits per heavy atom. The third-order valence-electron chi connectivity index (χ3n) is 3.78. The maximum Gasteiger partial charge on any atom is 0.276 e. The summed E-state index contributed by atoms with van der Waals surface area (Å²) in [5.74, 6) is 1.58. The van der Waals surface area contributed by atoms with Crippen LogP contribution >= 0.6 is 0 Å². The standard InChI is InChI=1S/C21H19N3O4/c1-26-17-11-10-15(19(13-17)27-2)14-23-24-20(25)18-9-6-12-22-21(18)28-16-7-4-3-5-8-16/h3-14H,1-2H3,(H,24,25)/b23-14+. The molecule has 0 aliphatic carbocycles. The predicted octanol–water partition coefficient (Wildman–Crippen LogP) is 3.66. The first-order valence-corrected chi connectivity index (χ1v) is 8.44. The van der Waals surface area contributed by atoms with Gasteiger partial charge in [-0.2, -0.15) is 5.10 Å². The third-order valence-corrected chi connectivity index (χ3v) is 3.78. The van der Waals surface area contributed by atoms with Crippen LogP contribution in [0.5, 0.6) is 23.1 Å². The Bertz CT molecular complexity index is 974. The van der Waals surface area contributed by atoms with Crippen LogP contribution in [0.2, 0.25) is 0 Å². The van der Waals surface area contributed by atoms with Crippen LogP contribution in [-0.2, 0) is 0 Å². The monoisotopic (exact) mass is 377 g/mol. The number of benzene rings is 2. The van der Waals surface area contributed by atoms with Gasteiger partial charge in [0.2, 0.25) is 5.88 Å². The maximum absolute atomic E-state index is 12.5. The van der Waals surface area contributed by atoms with Gasteiger partial charge in [0, 0.05) is 17.8 Å². The molecule has 3 rings (SSSR count). The summed E-state index contributed by atoms with van der Waals surface area (Å²) in [6.07, 6.45) is 3.05. The van der Waals surface area contributed by atoms with E-state index in [1.165, 1.54) is 6.21 Å². The summed E-state index contributed by atoms with van der Waals surface area (Å²) in [7, 11) is 3.12. The van der Waals surface area contributed by atoms with Gasteiger partial charge in [0.25, 0.3) is 5.91 Å². The Kier molecular flexibility index (Phi) is 6.20. The van der Waals surface area contributed by atoms with E-state index in [9.17, 15) is 4.79 Å². The molecular formula is C21H19N3O4. The Hall–Kier alpha value is -3.87. The molecule has 2 aromatic carbocycles. The van der Waals surface area contributed by atoms with E-state index >= 15 is 0 Å². The minimum absolute atomic E-state index is 0.198. The van der Waals surface area contributed by atoms with E-state index in [2.05, 4.69) is 15.5 Å². The second kappa shape index (κ2) is 9.18. The number of carbonyl (C=O) groups excluding carboxylic acids is 1. The molecule has 0 aliphatic rings. The van der Waals surface area contributed by atoms with Gasteiger partial charge in [-0.05, 0) is 36.4 Å². The molecule has 0 bridgehead atoms. The fourth-order valence-electron chi connectivity index (χ4n) is 2.39. The van der Waals surface area contributed by atoms with E-state index in [0.717, 1.165) is 0 Å². The van der Waals surface area contributed by atoms with Crippen LogP contribution in [0.3, 0.4) is 0 Å². The van der Waals surface area contributed by atoms with Gasteiger partial charge in [0.1, 0.15) is 22.8 Å². The van der Waals surface area contributed by atoms with Crippen molar-refractivity contribution in [3.8, 4) is 23.1 Å². The first-order chi connectivity index (χ1) is 13.7. The van der Waals surface area contributed by atoms with E-state index in [1.807, 2.05) is 18.2 Å². The lowest BCUT2D eigenvalue weighted by molar-refractivity contribution is 0.0952. The van der Waals surface area contributed by atoms with Crippen LogP contribution in [0.15, 0.2) is 72.0 Å². The highest BCUT2D eigenvalue weighted by Gasteiger charge is 2.13. The number of carbonyl (C=O) groups is 1. The molecule has 1 heterocycles. The fraction of sp³-hybridized carbons (Fsp3) is 0.0952. The lowest BCUT2D eigenvalue weighted by atomic mass is 10.2. The second-order valence-electron chi connectivity index (χ2n) is 5.58. The van der Waals surface area contributed by atoms with E-state index in [4.69, 9.17) is 14.2 Å². The highest BCUT2D eigenvalue weighted by atomic mass is 16.5. The van der Waals surface area contributed by atoms with Gasteiger partial charge in [-0.1, -0.05) is 18.2 Å². The van der Waals surface area contributed by atoms with Crippen molar-refractivity contribution in [3.05, 3.63) is 78.0 Å². The number of hydrazone groups is 1. The van der Waals surface area contributed by atoms with E-state index in [0.29, 0.717) is 22.8 Å². The van der Waals surface area contributed by atoms with Gasteiger partial charge < -0.3 is 14.2 Å². The molecule has 0 saturated carbocycles. The van der Waals surface area contributed by atoms with Crippen LogP contribution < -0.4 is 19.6 Å². The summed E-state index contributed by atoms with van der Waals surface area (Å²) in [5.41, 5.74) is 3.44. The second-order valence-corrected chi connectivity index (χ2v) is 5.58. The minimum Gasteiger partial charge on any atom is -0.497 e. The average molecular weight is 377 g/mol. The van der Waals surface area contributed by atoms with Gasteiger partial charge in [-0.15, -0.1) is 0 Å². The van der Waals surface area contributed by atoms with Crippen molar-refractivity contribution in [1.29, 1.82) is 0 Å². The van der Waals surface area contributed by atoms with Crippen molar-refractivity contribution in [2.75, 3.05) is 14.2 Å². The average Bonchev–Trinajstić information content (AvgIpc) is 2.75. The van der Waals surface area contributed by atoms with Crippen molar-refractivity contribution in [1.82, 2.24) is 10.4 Å². The molecule has 142 valence electrons. The van der Waals surface area contributed by atoms with Crippen molar-refractivity contribution in [2.24, 2.45) is 5.10 Å². The largest absolute Gasteiger partial charge is 0.497 e. The van der Waals surface area contributed by atoms with Crippen molar-refractivity contribution in [2.45, 2.75) is 0 Å². The maximum atomic E-state index is 12.5. The number of amides is 1. The Morgan fingerprint density at radius 2 is 1.82 bits per heavy atom. The number of aromatic nitrogens is 1. The molecule has 1 N–H and O–H groups in total. The van der Waals surface area contributed by atoms with Gasteiger partial charge in [-0.25, -0.2) is 10.4 Å². The van der Waals surface area contributed by atoms with Gasteiger partial charge in [0.15, 0.2) is 0 Å². The normalized spacial score (nSPS) is 10.5. The number of pyridine rings is 1. The number of hydrogen-bond acceptors (Lipinski definition) is 6. The lowest BCUT2D eigenvalue weighted by Crippen LogP contribution is -2.18. The number of methoxy groups -OCH3 is 2.